The molecule has 0 spiro atoms. The van der Waals surface area contributed by atoms with Gasteiger partial charge in [0.15, 0.2) is 11.6 Å². The van der Waals surface area contributed by atoms with Crippen LogP contribution in [0.1, 0.15) is 123 Å². The van der Waals surface area contributed by atoms with E-state index in [9.17, 15) is 26.3 Å². The molecule has 0 aliphatic heterocycles. The van der Waals surface area contributed by atoms with Crippen LogP contribution >= 0.6 is 0 Å². The lowest BCUT2D eigenvalue weighted by Gasteiger charge is -2.32. The summed E-state index contributed by atoms with van der Waals surface area (Å²) in [6.07, 6.45) is 0.0610. The number of halogens is 7. The number of aryl methyl sites for hydroxylation is 1. The first-order valence-electron chi connectivity index (χ1n) is 16.4. The summed E-state index contributed by atoms with van der Waals surface area (Å²) in [6, 6.07) is 15.3. The molecule has 250 valence electrons. The van der Waals surface area contributed by atoms with Gasteiger partial charge in [-0.25, -0.2) is 8.78 Å². The minimum absolute atomic E-state index is 0.0141. The number of hydrogen-bond acceptors (Lipinski definition) is 2. The van der Waals surface area contributed by atoms with Crippen LogP contribution in [0.2, 0.25) is 0 Å². The van der Waals surface area contributed by atoms with Crippen LogP contribution in [0.25, 0.3) is 0 Å². The Kier molecular flexibility index (Phi) is 11.0. The van der Waals surface area contributed by atoms with Gasteiger partial charge in [-0.05, 0) is 122 Å². The fraction of sp³-hybridized carbons (Fsp3) is 0.514. The molecule has 2 fully saturated rings. The van der Waals surface area contributed by atoms with Gasteiger partial charge in [0.1, 0.15) is 5.82 Å². The number of rotatable bonds is 11. The van der Waals surface area contributed by atoms with E-state index in [1.54, 1.807) is 18.2 Å². The summed E-state index contributed by atoms with van der Waals surface area (Å²) in [5.74, 6) is -2.19. The highest BCUT2D eigenvalue weighted by molar-refractivity contribution is 5.34. The van der Waals surface area contributed by atoms with E-state index in [0.717, 1.165) is 48.9 Å². The number of ether oxygens (including phenoxy) is 2. The summed E-state index contributed by atoms with van der Waals surface area (Å²) >= 11 is 0. The molecule has 0 bridgehead atoms. The summed E-state index contributed by atoms with van der Waals surface area (Å²) < 4.78 is 106. The van der Waals surface area contributed by atoms with E-state index in [-0.39, 0.29) is 29.1 Å². The van der Waals surface area contributed by atoms with E-state index in [4.69, 9.17) is 4.74 Å². The molecule has 9 heteroatoms. The minimum Gasteiger partial charge on any atom is -0.403 e. The molecule has 0 aromatic heterocycles. The predicted octanol–water partition coefficient (Wildman–Crippen LogP) is 11.8. The average Bonchev–Trinajstić information content (AvgIpc) is 3.02. The van der Waals surface area contributed by atoms with Crippen LogP contribution in [-0.2, 0) is 17.3 Å². The van der Waals surface area contributed by atoms with Crippen LogP contribution < -0.4 is 4.74 Å². The first kappa shape index (κ1) is 34.3. The molecule has 3 aromatic rings. The average molecular weight is 651 g/mol. The zero-order valence-electron chi connectivity index (χ0n) is 26.0. The third-order valence-electron chi connectivity index (χ3n) is 9.66. The first-order chi connectivity index (χ1) is 21.9. The number of unbranched alkanes of at least 4 members (excludes halogenated alkanes) is 2. The van der Waals surface area contributed by atoms with Crippen molar-refractivity contribution in [1.29, 1.82) is 0 Å². The predicted molar refractivity (Wildman–Crippen MR) is 163 cm³/mol. The van der Waals surface area contributed by atoms with Gasteiger partial charge in [-0.3, -0.25) is 0 Å². The Morgan fingerprint density at radius 1 is 0.652 bits per heavy atom. The molecular weight excluding hydrogens is 609 g/mol. The number of benzene rings is 3. The van der Waals surface area contributed by atoms with Crippen molar-refractivity contribution in [1.82, 2.24) is 0 Å². The molecule has 2 nitrogen and oxygen atoms in total. The Hall–Kier alpha value is -3.07. The van der Waals surface area contributed by atoms with Gasteiger partial charge in [-0.1, -0.05) is 62.2 Å². The largest absolute Gasteiger partial charge is 0.573 e. The van der Waals surface area contributed by atoms with E-state index < -0.39 is 30.1 Å². The molecule has 3 aromatic carbocycles. The van der Waals surface area contributed by atoms with Crippen molar-refractivity contribution in [3.63, 3.8) is 0 Å². The summed E-state index contributed by atoms with van der Waals surface area (Å²) in [5, 5.41) is 0. The van der Waals surface area contributed by atoms with Crippen molar-refractivity contribution in [2.45, 2.75) is 120 Å². The lowest BCUT2D eigenvalue weighted by molar-refractivity contribution is -0.277. The molecule has 2 aliphatic rings. The third-order valence-corrected chi connectivity index (χ3v) is 9.66. The van der Waals surface area contributed by atoms with Gasteiger partial charge in [0, 0.05) is 0 Å². The molecule has 0 radical (unpaired) electrons. The summed E-state index contributed by atoms with van der Waals surface area (Å²) in [7, 11) is 0. The van der Waals surface area contributed by atoms with Crippen molar-refractivity contribution >= 4 is 0 Å². The molecule has 5 rings (SSSR count). The molecule has 0 heterocycles. The molecule has 0 atom stereocenters. The van der Waals surface area contributed by atoms with Crippen LogP contribution in [0.3, 0.4) is 0 Å². The van der Waals surface area contributed by atoms with Crippen LogP contribution in [0.4, 0.5) is 30.7 Å². The quantitative estimate of drug-likeness (QED) is 0.152. The van der Waals surface area contributed by atoms with E-state index >= 15 is 4.39 Å². The lowest BCUT2D eigenvalue weighted by Crippen LogP contribution is -2.29. The second-order valence-electron chi connectivity index (χ2n) is 12.8. The summed E-state index contributed by atoms with van der Waals surface area (Å²) in [5.41, 5.74) is 2.99. The highest BCUT2D eigenvalue weighted by Gasteiger charge is 2.38. The molecule has 0 N–H and O–H groups in total. The zero-order valence-corrected chi connectivity index (χ0v) is 26.0. The molecule has 0 saturated heterocycles. The fourth-order valence-electron chi connectivity index (χ4n) is 7.08. The topological polar surface area (TPSA) is 18.5 Å². The number of alkyl halides is 5. The van der Waals surface area contributed by atoms with Gasteiger partial charge in [-0.2, -0.15) is 8.78 Å². The lowest BCUT2D eigenvalue weighted by atomic mass is 9.75. The number of hydrogen-bond donors (Lipinski definition) is 0. The first-order valence-corrected chi connectivity index (χ1v) is 16.4. The molecular formula is C37H41F7O2. The molecule has 0 amide bonds. The zero-order chi connectivity index (χ0) is 32.9. The van der Waals surface area contributed by atoms with Crippen molar-refractivity contribution in [2.24, 2.45) is 0 Å². The van der Waals surface area contributed by atoms with Crippen molar-refractivity contribution < 1.29 is 40.2 Å². The highest BCUT2D eigenvalue weighted by Crippen LogP contribution is 2.44. The van der Waals surface area contributed by atoms with E-state index in [2.05, 4.69) is 11.7 Å². The highest BCUT2D eigenvalue weighted by atomic mass is 19.4. The molecule has 2 saturated carbocycles. The maximum absolute atomic E-state index is 15.4. The van der Waals surface area contributed by atoms with Gasteiger partial charge in [0.2, 0.25) is 0 Å². The van der Waals surface area contributed by atoms with Crippen LogP contribution in [0.5, 0.6) is 5.75 Å². The van der Waals surface area contributed by atoms with Crippen molar-refractivity contribution in [2.75, 3.05) is 0 Å². The fourth-order valence-corrected chi connectivity index (χ4v) is 7.08. The smallest absolute Gasteiger partial charge is 0.403 e. The third kappa shape index (κ3) is 8.84. The summed E-state index contributed by atoms with van der Waals surface area (Å²) in [6.45, 7) is 2.13. The molecule has 0 unspecified atom stereocenters. The monoisotopic (exact) mass is 650 g/mol. The van der Waals surface area contributed by atoms with Gasteiger partial charge >= 0.3 is 12.5 Å². The summed E-state index contributed by atoms with van der Waals surface area (Å²) in [4.78, 5) is 0. The Morgan fingerprint density at radius 2 is 1.22 bits per heavy atom. The molecule has 46 heavy (non-hydrogen) atoms. The van der Waals surface area contributed by atoms with Crippen LogP contribution in [0, 0.1) is 11.6 Å². The maximum Gasteiger partial charge on any atom is 0.573 e. The van der Waals surface area contributed by atoms with Crippen molar-refractivity contribution in [3.05, 3.63) is 100 Å². The van der Waals surface area contributed by atoms with Crippen molar-refractivity contribution in [3.8, 4) is 5.75 Å². The Morgan fingerprint density at radius 3 is 1.78 bits per heavy atom. The Balaban J connectivity index is 1.11. The van der Waals surface area contributed by atoms with Gasteiger partial charge in [-0.15, -0.1) is 13.2 Å². The van der Waals surface area contributed by atoms with E-state index in [1.165, 1.54) is 18.2 Å². The maximum atomic E-state index is 15.4. The van der Waals surface area contributed by atoms with Crippen LogP contribution in [0.15, 0.2) is 60.7 Å². The Bertz CT molecular complexity index is 1420. The normalized spacial score (nSPS) is 22.5. The van der Waals surface area contributed by atoms with Gasteiger partial charge < -0.3 is 9.47 Å². The minimum atomic E-state index is -4.97. The van der Waals surface area contributed by atoms with Gasteiger partial charge in [0.25, 0.3) is 0 Å². The Labute approximate surface area is 266 Å². The van der Waals surface area contributed by atoms with Gasteiger partial charge in [0.05, 0.1) is 11.7 Å². The molecule has 2 aliphatic carbocycles. The second kappa shape index (κ2) is 14.8. The second-order valence-corrected chi connectivity index (χ2v) is 12.8. The van der Waals surface area contributed by atoms with Crippen LogP contribution in [-0.4, -0.2) is 12.5 Å². The van der Waals surface area contributed by atoms with E-state index in [1.807, 2.05) is 12.1 Å². The van der Waals surface area contributed by atoms with E-state index in [0.29, 0.717) is 62.5 Å². The SMILES string of the molecule is CCCCCc1ccc(C(F)(F)OC2CCC(c3ccc(C4CCC(c5ccc(OC(F)(F)F)c(F)c5)CC4)c(F)c3)CC2)cc1. The standard InChI is InChI=1S/C37H41F7O2/c1-2-3-4-5-24-6-16-30(17-7-24)36(40,41)45-31-18-12-26(13-19-31)28-14-20-32(33(38)22-28)27-10-8-25(9-11-27)29-15-21-35(34(39)23-29)46-37(42,43)44/h6-7,14-17,20-23,25-27,31H,2-5,8-13,18-19H2,1H3.